The molecule has 2 heterocycles. The molecule has 28 heavy (non-hydrogen) atoms. The largest absolute Gasteiger partial charge is 0.378 e. The fraction of sp³-hybridized carbons (Fsp3) is 0.250. The third kappa shape index (κ3) is 3.25. The molecule has 0 aliphatic carbocycles. The second kappa shape index (κ2) is 7.35. The molecule has 0 N–H and O–H groups in total. The number of hydrogen-bond acceptors (Lipinski definition) is 5. The molecule has 1 fully saturated rings. The fourth-order valence-electron chi connectivity index (χ4n) is 3.34. The maximum absolute atomic E-state index is 13.2. The third-order valence-corrected chi connectivity index (χ3v) is 7.55. The zero-order valence-corrected chi connectivity index (χ0v) is 17.7. The molecule has 4 rings (SSSR count). The van der Waals surface area contributed by atoms with Gasteiger partial charge in [0.1, 0.15) is 0 Å². The Balaban J connectivity index is 1.86. The number of rotatable bonds is 2. The summed E-state index contributed by atoms with van der Waals surface area (Å²) in [6.07, 6.45) is 1.44. The number of para-hydroxylation sites is 1. The third-order valence-electron chi connectivity index (χ3n) is 4.88. The van der Waals surface area contributed by atoms with Crippen LogP contribution in [-0.4, -0.2) is 45.5 Å². The Bertz CT molecular complexity index is 1080. The van der Waals surface area contributed by atoms with Crippen molar-refractivity contribution in [2.24, 2.45) is 0 Å². The van der Waals surface area contributed by atoms with Crippen LogP contribution in [0.5, 0.6) is 0 Å². The summed E-state index contributed by atoms with van der Waals surface area (Å²) in [5, 5.41) is 0. The first kappa shape index (κ1) is 19.2. The first-order chi connectivity index (χ1) is 13.4. The van der Waals surface area contributed by atoms with Crippen LogP contribution in [0.1, 0.15) is 5.56 Å². The number of fused-ring (bicyclic) bond motifs is 1. The number of carbonyl (C=O) groups excluding carboxylic acids is 1. The molecule has 8 heteroatoms. The molecule has 2 aromatic rings. The second-order valence-electron chi connectivity index (χ2n) is 6.67. The maximum Gasteiger partial charge on any atom is 0.267 e. The standard InChI is InChI=1S/C20H19BrN2O4S/c1-14-12-15(6-7-16(14)21)23-13-19(20(24)22-8-10-27-11-9-22)28(25,26)18-5-3-2-4-17(18)23/h2-7,12-13H,8-11H2,1H3. The Morgan fingerprint density at radius 1 is 1.11 bits per heavy atom. The Morgan fingerprint density at radius 3 is 2.54 bits per heavy atom. The molecular weight excluding hydrogens is 444 g/mol. The van der Waals surface area contributed by atoms with Gasteiger partial charge in [0.05, 0.1) is 23.8 Å². The SMILES string of the molecule is Cc1cc(N2C=C(C(=O)N3CCOCC3)S(=O)(=O)c3ccccc32)ccc1Br. The number of benzene rings is 2. The van der Waals surface area contributed by atoms with E-state index in [9.17, 15) is 13.2 Å². The van der Waals surface area contributed by atoms with Crippen LogP contribution in [0.2, 0.25) is 0 Å². The van der Waals surface area contributed by atoms with E-state index in [4.69, 9.17) is 4.74 Å². The number of amides is 1. The number of sulfone groups is 1. The summed E-state index contributed by atoms with van der Waals surface area (Å²) in [7, 11) is -3.91. The molecule has 0 unspecified atom stereocenters. The summed E-state index contributed by atoms with van der Waals surface area (Å²) in [5.74, 6) is -0.489. The van der Waals surface area contributed by atoms with Crippen LogP contribution in [0.15, 0.2) is 62.9 Å². The molecule has 1 amide bonds. The number of aryl methyl sites for hydroxylation is 1. The van der Waals surface area contributed by atoms with Gasteiger partial charge in [-0.1, -0.05) is 28.1 Å². The van der Waals surface area contributed by atoms with Crippen molar-refractivity contribution < 1.29 is 17.9 Å². The highest BCUT2D eigenvalue weighted by molar-refractivity contribution is 9.10. The molecule has 0 saturated carbocycles. The molecule has 6 nitrogen and oxygen atoms in total. The topological polar surface area (TPSA) is 66.9 Å². The molecule has 0 atom stereocenters. The van der Waals surface area contributed by atoms with Crippen LogP contribution >= 0.6 is 15.9 Å². The highest BCUT2D eigenvalue weighted by Gasteiger charge is 2.38. The van der Waals surface area contributed by atoms with Crippen molar-refractivity contribution in [1.29, 1.82) is 0 Å². The Morgan fingerprint density at radius 2 is 1.82 bits per heavy atom. The average molecular weight is 463 g/mol. The quantitative estimate of drug-likeness (QED) is 0.684. The lowest BCUT2D eigenvalue weighted by Gasteiger charge is -2.32. The maximum atomic E-state index is 13.2. The fourth-order valence-corrected chi connectivity index (χ4v) is 5.13. The molecule has 1 saturated heterocycles. The molecule has 2 aliphatic heterocycles. The molecule has 0 aromatic heterocycles. The Hall–Kier alpha value is -2.16. The number of hydrogen-bond donors (Lipinski definition) is 0. The first-order valence-corrected chi connectivity index (χ1v) is 11.2. The van der Waals surface area contributed by atoms with E-state index in [0.717, 1.165) is 15.7 Å². The number of morpholine rings is 1. The number of nitrogens with zero attached hydrogens (tertiary/aromatic N) is 2. The number of anilines is 2. The molecule has 0 radical (unpaired) electrons. The van der Waals surface area contributed by atoms with E-state index < -0.39 is 15.7 Å². The second-order valence-corrected chi connectivity index (χ2v) is 9.41. The van der Waals surface area contributed by atoms with E-state index in [1.54, 1.807) is 29.2 Å². The van der Waals surface area contributed by atoms with Crippen molar-refractivity contribution in [2.75, 3.05) is 31.2 Å². The van der Waals surface area contributed by atoms with Gasteiger partial charge in [-0.05, 0) is 42.8 Å². The Kier molecular flexibility index (Phi) is 5.03. The minimum Gasteiger partial charge on any atom is -0.378 e. The van der Waals surface area contributed by atoms with Crippen LogP contribution in [0.3, 0.4) is 0 Å². The lowest BCUT2D eigenvalue weighted by atomic mass is 10.2. The van der Waals surface area contributed by atoms with Gasteiger partial charge in [0, 0.05) is 29.4 Å². The number of carbonyl (C=O) groups is 1. The monoisotopic (exact) mass is 462 g/mol. The van der Waals surface area contributed by atoms with Crippen molar-refractivity contribution in [1.82, 2.24) is 4.90 Å². The summed E-state index contributed by atoms with van der Waals surface area (Å²) in [4.78, 5) is 16.3. The van der Waals surface area contributed by atoms with Crippen molar-refractivity contribution in [3.8, 4) is 0 Å². The van der Waals surface area contributed by atoms with Gasteiger partial charge >= 0.3 is 0 Å². The van der Waals surface area contributed by atoms with E-state index in [2.05, 4.69) is 15.9 Å². The summed E-state index contributed by atoms with van der Waals surface area (Å²) < 4.78 is 32.7. The van der Waals surface area contributed by atoms with E-state index >= 15 is 0 Å². The number of halogens is 1. The van der Waals surface area contributed by atoms with Crippen LogP contribution in [-0.2, 0) is 19.4 Å². The van der Waals surface area contributed by atoms with Crippen LogP contribution in [0.4, 0.5) is 11.4 Å². The zero-order valence-electron chi connectivity index (χ0n) is 15.3. The van der Waals surface area contributed by atoms with Crippen molar-refractivity contribution >= 4 is 43.0 Å². The van der Waals surface area contributed by atoms with Gasteiger partial charge in [-0.3, -0.25) is 4.79 Å². The summed E-state index contributed by atoms with van der Waals surface area (Å²) >= 11 is 3.49. The Labute approximate surface area is 172 Å². The van der Waals surface area contributed by atoms with Gasteiger partial charge in [-0.25, -0.2) is 8.42 Å². The predicted octanol–water partition coefficient (Wildman–Crippen LogP) is 3.38. The summed E-state index contributed by atoms with van der Waals surface area (Å²) in [6, 6.07) is 12.5. The van der Waals surface area contributed by atoms with Gasteiger partial charge in [0.25, 0.3) is 5.91 Å². The number of ether oxygens (including phenoxy) is 1. The zero-order chi connectivity index (χ0) is 19.9. The van der Waals surface area contributed by atoms with Gasteiger partial charge in [0.15, 0.2) is 4.91 Å². The van der Waals surface area contributed by atoms with Gasteiger partial charge in [-0.15, -0.1) is 0 Å². The normalized spacial score (nSPS) is 18.4. The van der Waals surface area contributed by atoms with E-state index in [-0.39, 0.29) is 9.80 Å². The predicted molar refractivity (Wildman–Crippen MR) is 110 cm³/mol. The average Bonchev–Trinajstić information content (AvgIpc) is 2.71. The smallest absolute Gasteiger partial charge is 0.267 e. The van der Waals surface area contributed by atoms with Crippen molar-refractivity contribution in [3.05, 3.63) is 63.6 Å². The van der Waals surface area contributed by atoms with Gasteiger partial charge in [-0.2, -0.15) is 0 Å². The van der Waals surface area contributed by atoms with E-state index in [1.165, 1.54) is 11.1 Å². The van der Waals surface area contributed by atoms with Gasteiger partial charge < -0.3 is 14.5 Å². The summed E-state index contributed by atoms with van der Waals surface area (Å²) in [5.41, 5.74) is 2.33. The van der Waals surface area contributed by atoms with Crippen molar-refractivity contribution in [3.63, 3.8) is 0 Å². The molecule has 2 aliphatic rings. The van der Waals surface area contributed by atoms with E-state index in [1.807, 2.05) is 25.1 Å². The van der Waals surface area contributed by atoms with Crippen LogP contribution in [0, 0.1) is 6.92 Å². The van der Waals surface area contributed by atoms with Crippen molar-refractivity contribution in [2.45, 2.75) is 11.8 Å². The molecule has 2 aromatic carbocycles. The molecule has 0 bridgehead atoms. The highest BCUT2D eigenvalue weighted by Crippen LogP contribution is 2.40. The summed E-state index contributed by atoms with van der Waals surface area (Å²) in [6.45, 7) is 3.54. The first-order valence-electron chi connectivity index (χ1n) is 8.88. The highest BCUT2D eigenvalue weighted by atomic mass is 79.9. The minimum atomic E-state index is -3.91. The molecule has 0 spiro atoms. The van der Waals surface area contributed by atoms with Crippen LogP contribution < -0.4 is 4.90 Å². The molecular formula is C20H19BrN2O4S. The minimum absolute atomic E-state index is 0.134. The van der Waals surface area contributed by atoms with E-state index in [0.29, 0.717) is 32.0 Å². The van der Waals surface area contributed by atoms with Crippen LogP contribution in [0.25, 0.3) is 0 Å². The molecule has 146 valence electrons. The van der Waals surface area contributed by atoms with Gasteiger partial charge in [0.2, 0.25) is 9.84 Å². The lowest BCUT2D eigenvalue weighted by Crippen LogP contribution is -2.43. The lowest BCUT2D eigenvalue weighted by molar-refractivity contribution is -0.130.